The zero-order chi connectivity index (χ0) is 14.8. The highest BCUT2D eigenvalue weighted by Crippen LogP contribution is 2.31. The number of anilines is 1. The van der Waals surface area contributed by atoms with Crippen molar-refractivity contribution in [3.05, 3.63) is 31.9 Å². The normalized spacial score (nSPS) is 18.8. The summed E-state index contributed by atoms with van der Waals surface area (Å²) in [6.45, 7) is 5.49. The molecule has 1 saturated heterocycles. The molecule has 0 spiro atoms. The number of nitro benzene ring substituents is 1. The van der Waals surface area contributed by atoms with E-state index in [1.54, 1.807) is 12.1 Å². The van der Waals surface area contributed by atoms with Gasteiger partial charge in [0.2, 0.25) is 0 Å². The Bertz CT molecular complexity index is 499. The Morgan fingerprint density at radius 1 is 1.45 bits per heavy atom. The standard InChI is InChI=1S/C14H20IN3O2/c1-14(5-7-17(2)8-6-14)10-16-11-3-4-13(18(19)20)12(15)9-11/h3-4,9,16H,5-8,10H2,1-2H3. The molecule has 1 aromatic carbocycles. The van der Waals surface area contributed by atoms with E-state index < -0.39 is 0 Å². The molecular weight excluding hydrogens is 369 g/mol. The lowest BCUT2D eigenvalue weighted by atomic mass is 9.80. The van der Waals surface area contributed by atoms with Crippen LogP contribution in [0.3, 0.4) is 0 Å². The lowest BCUT2D eigenvalue weighted by Crippen LogP contribution is -2.40. The van der Waals surface area contributed by atoms with Gasteiger partial charge in [0, 0.05) is 18.3 Å². The van der Waals surface area contributed by atoms with E-state index in [9.17, 15) is 10.1 Å². The van der Waals surface area contributed by atoms with Gasteiger partial charge in [-0.05, 0) is 73.1 Å². The Balaban J connectivity index is 1.97. The summed E-state index contributed by atoms with van der Waals surface area (Å²) >= 11 is 2.01. The van der Waals surface area contributed by atoms with Crippen molar-refractivity contribution in [3.8, 4) is 0 Å². The van der Waals surface area contributed by atoms with Crippen molar-refractivity contribution >= 4 is 34.0 Å². The minimum Gasteiger partial charge on any atom is -0.384 e. The highest BCUT2D eigenvalue weighted by atomic mass is 127. The molecule has 0 unspecified atom stereocenters. The molecule has 0 radical (unpaired) electrons. The van der Waals surface area contributed by atoms with E-state index in [4.69, 9.17) is 0 Å². The number of nitrogens with zero attached hydrogens (tertiary/aromatic N) is 2. The van der Waals surface area contributed by atoms with E-state index in [1.165, 1.54) is 12.8 Å². The number of benzene rings is 1. The number of nitrogens with one attached hydrogen (secondary N) is 1. The fourth-order valence-electron chi connectivity index (χ4n) is 2.42. The first-order valence-corrected chi connectivity index (χ1v) is 7.84. The summed E-state index contributed by atoms with van der Waals surface area (Å²) in [5.74, 6) is 0. The lowest BCUT2D eigenvalue weighted by Gasteiger charge is -2.38. The van der Waals surface area contributed by atoms with E-state index in [1.807, 2.05) is 28.7 Å². The summed E-state index contributed by atoms with van der Waals surface area (Å²) in [6, 6.07) is 5.21. The van der Waals surface area contributed by atoms with Crippen molar-refractivity contribution in [2.24, 2.45) is 5.41 Å². The fraction of sp³-hybridized carbons (Fsp3) is 0.571. The Morgan fingerprint density at radius 3 is 2.65 bits per heavy atom. The molecule has 0 aromatic heterocycles. The summed E-state index contributed by atoms with van der Waals surface area (Å²) in [5, 5.41) is 14.2. The minimum atomic E-state index is -0.343. The molecule has 110 valence electrons. The third-order valence-electron chi connectivity index (χ3n) is 4.06. The molecular formula is C14H20IN3O2. The van der Waals surface area contributed by atoms with Crippen LogP contribution in [0.1, 0.15) is 19.8 Å². The molecule has 0 amide bonds. The van der Waals surface area contributed by atoms with Crippen molar-refractivity contribution in [1.82, 2.24) is 4.90 Å². The second-order valence-electron chi connectivity index (χ2n) is 5.89. The van der Waals surface area contributed by atoms with E-state index in [-0.39, 0.29) is 10.6 Å². The number of rotatable bonds is 4. The molecule has 1 aliphatic heterocycles. The summed E-state index contributed by atoms with van der Waals surface area (Å²) in [7, 11) is 2.16. The summed E-state index contributed by atoms with van der Waals surface area (Å²) in [5.41, 5.74) is 1.43. The van der Waals surface area contributed by atoms with Crippen LogP contribution in [-0.2, 0) is 0 Å². The quantitative estimate of drug-likeness (QED) is 0.488. The highest BCUT2D eigenvalue weighted by Gasteiger charge is 2.28. The third-order valence-corrected chi connectivity index (χ3v) is 4.92. The van der Waals surface area contributed by atoms with Gasteiger partial charge in [0.05, 0.1) is 8.49 Å². The average Bonchev–Trinajstić information content (AvgIpc) is 2.40. The Morgan fingerprint density at radius 2 is 2.10 bits per heavy atom. The number of hydrogen-bond acceptors (Lipinski definition) is 4. The number of likely N-dealkylation sites (tertiary alicyclic amines) is 1. The van der Waals surface area contributed by atoms with Crippen molar-refractivity contribution in [3.63, 3.8) is 0 Å². The zero-order valence-corrected chi connectivity index (χ0v) is 14.0. The highest BCUT2D eigenvalue weighted by molar-refractivity contribution is 14.1. The van der Waals surface area contributed by atoms with Crippen LogP contribution in [0.4, 0.5) is 11.4 Å². The van der Waals surface area contributed by atoms with Gasteiger partial charge in [-0.2, -0.15) is 0 Å². The molecule has 1 fully saturated rings. The van der Waals surface area contributed by atoms with Crippen LogP contribution in [0.15, 0.2) is 18.2 Å². The molecule has 0 bridgehead atoms. The molecule has 1 heterocycles. The van der Waals surface area contributed by atoms with Crippen LogP contribution in [0.25, 0.3) is 0 Å². The van der Waals surface area contributed by atoms with E-state index in [2.05, 4.69) is 24.2 Å². The molecule has 1 N–H and O–H groups in total. The third kappa shape index (κ3) is 3.82. The SMILES string of the molecule is CN1CCC(C)(CNc2ccc([N+](=O)[O-])c(I)c2)CC1. The van der Waals surface area contributed by atoms with Crippen molar-refractivity contribution in [2.45, 2.75) is 19.8 Å². The Kier molecular flexibility index (Phi) is 4.85. The van der Waals surface area contributed by atoms with Crippen molar-refractivity contribution in [1.29, 1.82) is 0 Å². The number of piperidine rings is 1. The van der Waals surface area contributed by atoms with Gasteiger partial charge >= 0.3 is 0 Å². The maximum Gasteiger partial charge on any atom is 0.282 e. The van der Waals surface area contributed by atoms with Gasteiger partial charge in [0.15, 0.2) is 0 Å². The van der Waals surface area contributed by atoms with Crippen molar-refractivity contribution in [2.75, 3.05) is 32.0 Å². The van der Waals surface area contributed by atoms with Crippen LogP contribution >= 0.6 is 22.6 Å². The van der Waals surface area contributed by atoms with E-state index in [0.29, 0.717) is 8.99 Å². The summed E-state index contributed by atoms with van der Waals surface area (Å²) in [6.07, 6.45) is 2.36. The first-order chi connectivity index (χ1) is 9.39. The number of halogens is 1. The van der Waals surface area contributed by atoms with Crippen LogP contribution in [0, 0.1) is 19.1 Å². The lowest BCUT2D eigenvalue weighted by molar-refractivity contribution is -0.385. The fourth-order valence-corrected chi connectivity index (χ4v) is 3.13. The molecule has 0 aliphatic carbocycles. The van der Waals surface area contributed by atoms with Gasteiger partial charge < -0.3 is 10.2 Å². The van der Waals surface area contributed by atoms with Crippen molar-refractivity contribution < 1.29 is 4.92 Å². The zero-order valence-electron chi connectivity index (χ0n) is 11.9. The largest absolute Gasteiger partial charge is 0.384 e. The van der Waals surface area contributed by atoms with Crippen LogP contribution in [0.5, 0.6) is 0 Å². The maximum atomic E-state index is 10.8. The smallest absolute Gasteiger partial charge is 0.282 e. The second-order valence-corrected chi connectivity index (χ2v) is 7.05. The first-order valence-electron chi connectivity index (χ1n) is 6.76. The van der Waals surface area contributed by atoms with E-state index >= 15 is 0 Å². The second kappa shape index (κ2) is 6.26. The van der Waals surface area contributed by atoms with Gasteiger partial charge in [0.25, 0.3) is 5.69 Å². The van der Waals surface area contributed by atoms with Gasteiger partial charge in [-0.25, -0.2) is 0 Å². The number of hydrogen-bond donors (Lipinski definition) is 1. The molecule has 0 atom stereocenters. The summed E-state index contributed by atoms with van der Waals surface area (Å²) in [4.78, 5) is 12.8. The monoisotopic (exact) mass is 389 g/mol. The molecule has 1 aliphatic rings. The topological polar surface area (TPSA) is 58.4 Å². The Labute approximate surface area is 133 Å². The maximum absolute atomic E-state index is 10.8. The van der Waals surface area contributed by atoms with Gasteiger partial charge in [0.1, 0.15) is 0 Å². The van der Waals surface area contributed by atoms with E-state index in [0.717, 1.165) is 25.3 Å². The van der Waals surface area contributed by atoms with Crippen LogP contribution in [0.2, 0.25) is 0 Å². The molecule has 5 nitrogen and oxygen atoms in total. The predicted octanol–water partition coefficient (Wildman–Crippen LogP) is 3.34. The minimum absolute atomic E-state index is 0.168. The molecule has 1 aromatic rings. The Hall–Kier alpha value is -0.890. The van der Waals surface area contributed by atoms with Gasteiger partial charge in [-0.1, -0.05) is 6.92 Å². The molecule has 2 rings (SSSR count). The molecule has 6 heteroatoms. The number of nitro groups is 1. The predicted molar refractivity (Wildman–Crippen MR) is 89.1 cm³/mol. The molecule has 20 heavy (non-hydrogen) atoms. The average molecular weight is 389 g/mol. The molecule has 0 saturated carbocycles. The van der Waals surface area contributed by atoms with Gasteiger partial charge in [-0.15, -0.1) is 0 Å². The van der Waals surface area contributed by atoms with Crippen LogP contribution < -0.4 is 5.32 Å². The first kappa shape index (κ1) is 15.5. The van der Waals surface area contributed by atoms with Crippen LogP contribution in [-0.4, -0.2) is 36.5 Å². The van der Waals surface area contributed by atoms with Gasteiger partial charge in [-0.3, -0.25) is 10.1 Å². The summed E-state index contributed by atoms with van der Waals surface area (Å²) < 4.78 is 0.672.